The standard InChI is InChI=1S/C15H13F3N2O3/c16-11-4-5-13(14(7-11)20(21)22)19-8-10-2-1-3-12(6-10)23-9-15(17)18/h1-7,15,19H,8-9H2. The van der Waals surface area contributed by atoms with E-state index < -0.39 is 23.8 Å². The van der Waals surface area contributed by atoms with Crippen molar-refractivity contribution in [2.45, 2.75) is 13.0 Å². The normalized spacial score (nSPS) is 10.6. The van der Waals surface area contributed by atoms with Gasteiger partial charge in [-0.2, -0.15) is 0 Å². The highest BCUT2D eigenvalue weighted by atomic mass is 19.3. The van der Waals surface area contributed by atoms with Gasteiger partial charge in [-0.05, 0) is 29.8 Å². The first kappa shape index (κ1) is 16.6. The van der Waals surface area contributed by atoms with Gasteiger partial charge in [0.2, 0.25) is 0 Å². The van der Waals surface area contributed by atoms with Crippen LogP contribution >= 0.6 is 0 Å². The van der Waals surface area contributed by atoms with Gasteiger partial charge in [-0.15, -0.1) is 0 Å². The molecule has 0 unspecified atom stereocenters. The van der Waals surface area contributed by atoms with Crippen LogP contribution in [0, 0.1) is 15.9 Å². The molecule has 2 aromatic rings. The molecular weight excluding hydrogens is 313 g/mol. The minimum absolute atomic E-state index is 0.162. The summed E-state index contributed by atoms with van der Waals surface area (Å²) < 4.78 is 42.2. The molecule has 0 atom stereocenters. The summed E-state index contributed by atoms with van der Waals surface area (Å²) in [6.07, 6.45) is -2.57. The molecule has 0 spiro atoms. The molecule has 0 bridgehead atoms. The van der Waals surface area contributed by atoms with Crippen LogP contribution in [0.5, 0.6) is 5.75 Å². The van der Waals surface area contributed by atoms with Gasteiger partial charge in [-0.1, -0.05) is 12.1 Å². The minimum atomic E-state index is -2.57. The van der Waals surface area contributed by atoms with E-state index in [2.05, 4.69) is 5.32 Å². The van der Waals surface area contributed by atoms with Crippen LogP contribution in [-0.4, -0.2) is 18.0 Å². The summed E-state index contributed by atoms with van der Waals surface area (Å²) in [5.41, 5.74) is 0.459. The summed E-state index contributed by atoms with van der Waals surface area (Å²) >= 11 is 0. The second-order valence-electron chi connectivity index (χ2n) is 4.62. The summed E-state index contributed by atoms with van der Waals surface area (Å²) in [6, 6.07) is 9.61. The summed E-state index contributed by atoms with van der Waals surface area (Å²) in [4.78, 5) is 10.2. The Hall–Kier alpha value is -2.77. The molecule has 0 aliphatic carbocycles. The van der Waals surface area contributed by atoms with Crippen molar-refractivity contribution in [2.75, 3.05) is 11.9 Å². The zero-order chi connectivity index (χ0) is 16.8. The van der Waals surface area contributed by atoms with Crippen LogP contribution in [0.3, 0.4) is 0 Å². The number of anilines is 1. The topological polar surface area (TPSA) is 64.4 Å². The van der Waals surface area contributed by atoms with Gasteiger partial charge in [0.25, 0.3) is 12.1 Å². The number of halogens is 3. The molecule has 0 aliphatic rings. The molecule has 1 N–H and O–H groups in total. The number of nitrogens with zero attached hydrogens (tertiary/aromatic N) is 1. The monoisotopic (exact) mass is 326 g/mol. The van der Waals surface area contributed by atoms with Crippen LogP contribution in [-0.2, 0) is 6.54 Å². The first-order valence-electron chi connectivity index (χ1n) is 6.63. The van der Waals surface area contributed by atoms with Gasteiger partial charge >= 0.3 is 0 Å². The Morgan fingerprint density at radius 2 is 2.00 bits per heavy atom. The molecule has 0 saturated heterocycles. The number of alkyl halides is 2. The second kappa shape index (κ2) is 7.48. The first-order valence-corrected chi connectivity index (χ1v) is 6.63. The maximum Gasteiger partial charge on any atom is 0.295 e. The lowest BCUT2D eigenvalue weighted by Crippen LogP contribution is -2.07. The van der Waals surface area contributed by atoms with Crippen molar-refractivity contribution >= 4 is 11.4 Å². The van der Waals surface area contributed by atoms with Gasteiger partial charge in [-0.25, -0.2) is 13.2 Å². The molecule has 0 radical (unpaired) electrons. The molecule has 122 valence electrons. The third kappa shape index (κ3) is 4.87. The van der Waals surface area contributed by atoms with E-state index in [1.165, 1.54) is 12.1 Å². The smallest absolute Gasteiger partial charge is 0.295 e. The van der Waals surface area contributed by atoms with Gasteiger partial charge in [0.05, 0.1) is 11.0 Å². The van der Waals surface area contributed by atoms with Crippen LogP contribution in [0.1, 0.15) is 5.56 Å². The Balaban J connectivity index is 2.06. The van der Waals surface area contributed by atoms with Crippen molar-refractivity contribution < 1.29 is 22.8 Å². The predicted molar refractivity (Wildman–Crippen MR) is 78.3 cm³/mol. The number of hydrogen-bond acceptors (Lipinski definition) is 4. The van der Waals surface area contributed by atoms with Crippen molar-refractivity contribution in [3.8, 4) is 5.75 Å². The van der Waals surface area contributed by atoms with E-state index in [-0.39, 0.29) is 23.7 Å². The van der Waals surface area contributed by atoms with E-state index >= 15 is 0 Å². The molecule has 2 rings (SSSR count). The van der Waals surface area contributed by atoms with Crippen molar-refractivity contribution in [1.29, 1.82) is 0 Å². The largest absolute Gasteiger partial charge is 0.488 e. The summed E-state index contributed by atoms with van der Waals surface area (Å²) in [5.74, 6) is -0.428. The van der Waals surface area contributed by atoms with Crippen molar-refractivity contribution in [1.82, 2.24) is 0 Å². The lowest BCUT2D eigenvalue weighted by molar-refractivity contribution is -0.384. The molecule has 0 saturated carbocycles. The van der Waals surface area contributed by atoms with Crippen molar-refractivity contribution in [3.63, 3.8) is 0 Å². The first-order chi connectivity index (χ1) is 11.0. The van der Waals surface area contributed by atoms with Crippen molar-refractivity contribution in [3.05, 3.63) is 64.0 Å². The number of nitrogens with one attached hydrogen (secondary N) is 1. The summed E-state index contributed by atoms with van der Waals surface area (Å²) in [6.45, 7) is -0.515. The van der Waals surface area contributed by atoms with E-state index in [0.29, 0.717) is 5.56 Å². The summed E-state index contributed by atoms with van der Waals surface area (Å²) in [7, 11) is 0. The number of rotatable bonds is 7. The molecule has 8 heteroatoms. The van der Waals surface area contributed by atoms with Crippen LogP contribution < -0.4 is 10.1 Å². The molecule has 23 heavy (non-hydrogen) atoms. The van der Waals surface area contributed by atoms with Crippen LogP contribution in [0.15, 0.2) is 42.5 Å². The van der Waals surface area contributed by atoms with Gasteiger partial charge in [-0.3, -0.25) is 10.1 Å². The average Bonchev–Trinajstić information content (AvgIpc) is 2.52. The zero-order valence-corrected chi connectivity index (χ0v) is 11.8. The molecule has 0 amide bonds. The highest BCUT2D eigenvalue weighted by Crippen LogP contribution is 2.26. The molecule has 0 heterocycles. The second-order valence-corrected chi connectivity index (χ2v) is 4.62. The Morgan fingerprint density at radius 3 is 2.70 bits per heavy atom. The maximum absolute atomic E-state index is 13.1. The van der Waals surface area contributed by atoms with E-state index in [1.807, 2.05) is 0 Å². The van der Waals surface area contributed by atoms with Crippen LogP contribution in [0.4, 0.5) is 24.5 Å². The molecule has 0 fully saturated rings. The highest BCUT2D eigenvalue weighted by Gasteiger charge is 2.14. The molecular formula is C15H13F3N2O3. The lowest BCUT2D eigenvalue weighted by atomic mass is 10.2. The van der Waals surface area contributed by atoms with Crippen molar-refractivity contribution in [2.24, 2.45) is 0 Å². The fourth-order valence-electron chi connectivity index (χ4n) is 1.91. The molecule has 0 aliphatic heterocycles. The average molecular weight is 326 g/mol. The number of hydrogen-bond donors (Lipinski definition) is 1. The fraction of sp³-hybridized carbons (Fsp3) is 0.200. The lowest BCUT2D eigenvalue weighted by Gasteiger charge is -2.10. The summed E-state index contributed by atoms with van der Waals surface area (Å²) in [5, 5.41) is 13.7. The number of ether oxygens (including phenoxy) is 1. The predicted octanol–water partition coefficient (Wildman–Crippen LogP) is 3.99. The van der Waals surface area contributed by atoms with Gasteiger partial charge < -0.3 is 10.1 Å². The van der Waals surface area contributed by atoms with E-state index in [9.17, 15) is 23.3 Å². The number of nitro groups is 1. The molecule has 2 aromatic carbocycles. The maximum atomic E-state index is 13.1. The van der Waals surface area contributed by atoms with E-state index in [4.69, 9.17) is 4.74 Å². The van der Waals surface area contributed by atoms with Crippen LogP contribution in [0.2, 0.25) is 0 Å². The minimum Gasteiger partial charge on any atom is -0.488 e. The molecule has 0 aromatic heterocycles. The number of benzene rings is 2. The van der Waals surface area contributed by atoms with Crippen LogP contribution in [0.25, 0.3) is 0 Å². The Kier molecular flexibility index (Phi) is 5.40. The Morgan fingerprint density at radius 1 is 1.22 bits per heavy atom. The van der Waals surface area contributed by atoms with Gasteiger partial charge in [0, 0.05) is 6.54 Å². The van der Waals surface area contributed by atoms with Gasteiger partial charge in [0.15, 0.2) is 0 Å². The quantitative estimate of drug-likeness (QED) is 0.617. The van der Waals surface area contributed by atoms with E-state index in [1.54, 1.807) is 18.2 Å². The van der Waals surface area contributed by atoms with Gasteiger partial charge in [0.1, 0.15) is 23.9 Å². The highest BCUT2D eigenvalue weighted by molar-refractivity contribution is 5.61. The third-order valence-corrected chi connectivity index (χ3v) is 2.91. The third-order valence-electron chi connectivity index (χ3n) is 2.91. The fourth-order valence-corrected chi connectivity index (χ4v) is 1.91. The van der Waals surface area contributed by atoms with E-state index in [0.717, 1.165) is 12.1 Å². The zero-order valence-electron chi connectivity index (χ0n) is 11.8. The molecule has 5 nitrogen and oxygen atoms in total. The number of nitro benzene ring substituents is 1. The SMILES string of the molecule is O=[N+]([O-])c1cc(F)ccc1NCc1cccc(OCC(F)F)c1. The Bertz CT molecular complexity index is 695. The Labute approximate surface area is 129 Å².